The van der Waals surface area contributed by atoms with E-state index in [9.17, 15) is 24.3 Å². The third-order valence-electron chi connectivity index (χ3n) is 4.99. The van der Waals surface area contributed by atoms with E-state index in [4.69, 9.17) is 11.5 Å². The summed E-state index contributed by atoms with van der Waals surface area (Å²) in [6, 6.07) is 6.17. The normalized spacial score (nSPS) is 13.6. The minimum absolute atomic E-state index is 0.102. The topological polar surface area (TPSA) is 177 Å². The van der Waals surface area contributed by atoms with Crippen LogP contribution in [-0.2, 0) is 25.6 Å². The van der Waals surface area contributed by atoms with Crippen molar-refractivity contribution in [2.24, 2.45) is 17.4 Å². The lowest BCUT2D eigenvalue weighted by molar-refractivity contribution is -0.141. The third kappa shape index (κ3) is 11.4. The van der Waals surface area contributed by atoms with E-state index in [0.29, 0.717) is 25.8 Å². The van der Waals surface area contributed by atoms with E-state index >= 15 is 0 Å². The van der Waals surface area contributed by atoms with Crippen LogP contribution in [0.15, 0.2) is 30.3 Å². The van der Waals surface area contributed by atoms with E-state index < -0.39 is 48.4 Å². The standard InChI is InChI=1S/C23H37N5O5/c1-15(2)12-18(28-21(30)17(25)10-6-7-11-24)22(31)26-14-20(29)27-19(23(32)33)13-16-8-4-3-5-9-16/h3-5,8-9,15,17-19H,6-7,10-14,24-25H2,1-2H3,(H,26,31)(H,27,29)(H,28,30)(H,32,33). The molecule has 0 aliphatic rings. The first-order chi connectivity index (χ1) is 15.6. The smallest absolute Gasteiger partial charge is 0.326 e. The second kappa shape index (κ2) is 15.0. The predicted molar refractivity (Wildman–Crippen MR) is 125 cm³/mol. The number of hydrogen-bond acceptors (Lipinski definition) is 6. The maximum Gasteiger partial charge on any atom is 0.326 e. The highest BCUT2D eigenvalue weighted by Gasteiger charge is 2.26. The molecule has 0 aliphatic heterocycles. The highest BCUT2D eigenvalue weighted by atomic mass is 16.4. The van der Waals surface area contributed by atoms with Gasteiger partial charge in [-0.3, -0.25) is 14.4 Å². The van der Waals surface area contributed by atoms with Gasteiger partial charge in [0.25, 0.3) is 0 Å². The summed E-state index contributed by atoms with van der Waals surface area (Å²) >= 11 is 0. The average molecular weight is 464 g/mol. The molecule has 0 saturated heterocycles. The molecule has 1 aromatic rings. The van der Waals surface area contributed by atoms with E-state index in [1.807, 2.05) is 19.9 Å². The third-order valence-corrected chi connectivity index (χ3v) is 4.99. The number of nitrogens with two attached hydrogens (primary N) is 2. The van der Waals surface area contributed by atoms with Gasteiger partial charge < -0.3 is 32.5 Å². The zero-order valence-corrected chi connectivity index (χ0v) is 19.4. The number of rotatable bonds is 15. The fraction of sp³-hybridized carbons (Fsp3) is 0.565. The van der Waals surface area contributed by atoms with Crippen LogP contribution in [0.4, 0.5) is 0 Å². The molecular formula is C23H37N5O5. The van der Waals surface area contributed by atoms with Gasteiger partial charge >= 0.3 is 5.97 Å². The molecule has 3 amide bonds. The molecule has 8 N–H and O–H groups in total. The molecule has 0 aliphatic carbocycles. The zero-order chi connectivity index (χ0) is 24.8. The Balaban J connectivity index is 2.62. The molecule has 0 spiro atoms. The molecule has 0 saturated carbocycles. The Kier molecular flexibility index (Phi) is 12.7. The molecule has 1 aromatic carbocycles. The molecule has 0 heterocycles. The van der Waals surface area contributed by atoms with Gasteiger partial charge in [0.15, 0.2) is 0 Å². The van der Waals surface area contributed by atoms with E-state index in [2.05, 4.69) is 16.0 Å². The summed E-state index contributed by atoms with van der Waals surface area (Å²) < 4.78 is 0. The van der Waals surface area contributed by atoms with Gasteiger partial charge in [-0.05, 0) is 37.3 Å². The number of hydrogen-bond donors (Lipinski definition) is 6. The molecule has 33 heavy (non-hydrogen) atoms. The van der Waals surface area contributed by atoms with Crippen LogP contribution in [0, 0.1) is 5.92 Å². The van der Waals surface area contributed by atoms with Crippen molar-refractivity contribution in [2.45, 2.75) is 64.1 Å². The molecule has 0 radical (unpaired) electrons. The Bertz CT molecular complexity index is 772. The van der Waals surface area contributed by atoms with Crippen molar-refractivity contribution >= 4 is 23.7 Å². The van der Waals surface area contributed by atoms with Gasteiger partial charge in [-0.1, -0.05) is 50.6 Å². The Morgan fingerprint density at radius 2 is 1.64 bits per heavy atom. The average Bonchev–Trinajstić information content (AvgIpc) is 2.76. The van der Waals surface area contributed by atoms with Crippen LogP contribution in [0.5, 0.6) is 0 Å². The summed E-state index contributed by atoms with van der Waals surface area (Å²) in [5.74, 6) is -2.68. The maximum atomic E-state index is 12.6. The Labute approximate surface area is 194 Å². The van der Waals surface area contributed by atoms with Gasteiger partial charge in [0, 0.05) is 6.42 Å². The molecule has 3 unspecified atom stereocenters. The summed E-state index contributed by atoms with van der Waals surface area (Å²) in [4.78, 5) is 48.8. The lowest BCUT2D eigenvalue weighted by Gasteiger charge is -2.22. The fourth-order valence-corrected chi connectivity index (χ4v) is 3.21. The summed E-state index contributed by atoms with van der Waals surface area (Å²) in [5, 5.41) is 17.0. The molecule has 3 atom stereocenters. The zero-order valence-electron chi connectivity index (χ0n) is 19.4. The van der Waals surface area contributed by atoms with Crippen LogP contribution >= 0.6 is 0 Å². The highest BCUT2D eigenvalue weighted by molar-refractivity contribution is 5.92. The van der Waals surface area contributed by atoms with E-state index in [0.717, 1.165) is 12.0 Å². The predicted octanol–water partition coefficient (Wildman–Crippen LogP) is -0.0981. The van der Waals surface area contributed by atoms with Crippen LogP contribution in [-0.4, -0.2) is 60.0 Å². The van der Waals surface area contributed by atoms with Crippen molar-refractivity contribution in [3.8, 4) is 0 Å². The van der Waals surface area contributed by atoms with Crippen LogP contribution in [0.2, 0.25) is 0 Å². The van der Waals surface area contributed by atoms with Crippen molar-refractivity contribution in [3.05, 3.63) is 35.9 Å². The van der Waals surface area contributed by atoms with Crippen molar-refractivity contribution in [2.75, 3.05) is 13.1 Å². The Hall–Kier alpha value is -2.98. The van der Waals surface area contributed by atoms with Crippen molar-refractivity contribution < 1.29 is 24.3 Å². The van der Waals surface area contributed by atoms with Gasteiger partial charge in [-0.2, -0.15) is 0 Å². The number of carboxylic acid groups (broad SMARTS) is 1. The van der Waals surface area contributed by atoms with Crippen LogP contribution in [0.1, 0.15) is 45.1 Å². The summed E-state index contributed by atoms with van der Waals surface area (Å²) in [7, 11) is 0. The molecule has 0 aromatic heterocycles. The second-order valence-corrected chi connectivity index (χ2v) is 8.45. The lowest BCUT2D eigenvalue weighted by Crippen LogP contribution is -2.54. The van der Waals surface area contributed by atoms with Gasteiger partial charge in [0.2, 0.25) is 17.7 Å². The molecule has 0 fully saturated rings. The number of amides is 3. The van der Waals surface area contributed by atoms with Gasteiger partial charge in [-0.15, -0.1) is 0 Å². The molecule has 1 rings (SSSR count). The van der Waals surface area contributed by atoms with Gasteiger partial charge in [0.1, 0.15) is 12.1 Å². The number of nitrogens with one attached hydrogen (secondary N) is 3. The second-order valence-electron chi connectivity index (χ2n) is 8.45. The number of carbonyl (C=O) groups excluding carboxylic acids is 3. The minimum Gasteiger partial charge on any atom is -0.480 e. The number of unbranched alkanes of at least 4 members (excludes halogenated alkanes) is 1. The molecule has 0 bridgehead atoms. The van der Waals surface area contributed by atoms with Crippen LogP contribution < -0.4 is 27.4 Å². The molecular weight excluding hydrogens is 426 g/mol. The summed E-state index contributed by atoms with van der Waals surface area (Å²) in [6.45, 7) is 3.91. The minimum atomic E-state index is -1.17. The van der Waals surface area contributed by atoms with Gasteiger partial charge in [0.05, 0.1) is 12.6 Å². The molecule has 184 valence electrons. The fourth-order valence-electron chi connectivity index (χ4n) is 3.21. The SMILES string of the molecule is CC(C)CC(NC(=O)C(N)CCCCN)C(=O)NCC(=O)NC(Cc1ccccc1)C(=O)O. The van der Waals surface area contributed by atoms with E-state index in [1.165, 1.54) is 0 Å². The van der Waals surface area contributed by atoms with E-state index in [-0.39, 0.29) is 12.3 Å². The lowest BCUT2D eigenvalue weighted by atomic mass is 10.0. The Morgan fingerprint density at radius 3 is 2.21 bits per heavy atom. The van der Waals surface area contributed by atoms with Crippen LogP contribution in [0.25, 0.3) is 0 Å². The first-order valence-electron chi connectivity index (χ1n) is 11.2. The molecule has 10 heteroatoms. The quantitative estimate of drug-likeness (QED) is 0.197. The monoisotopic (exact) mass is 463 g/mol. The number of carboxylic acids is 1. The summed E-state index contributed by atoms with van der Waals surface area (Å²) in [5.41, 5.74) is 12.1. The first-order valence-corrected chi connectivity index (χ1v) is 11.2. The number of benzene rings is 1. The van der Waals surface area contributed by atoms with Crippen LogP contribution in [0.3, 0.4) is 0 Å². The first kappa shape index (κ1) is 28.1. The highest BCUT2D eigenvalue weighted by Crippen LogP contribution is 2.07. The largest absolute Gasteiger partial charge is 0.480 e. The summed E-state index contributed by atoms with van der Waals surface area (Å²) in [6.07, 6.45) is 2.40. The van der Waals surface area contributed by atoms with Crippen molar-refractivity contribution in [1.29, 1.82) is 0 Å². The van der Waals surface area contributed by atoms with E-state index in [1.54, 1.807) is 24.3 Å². The number of aliphatic carboxylic acids is 1. The maximum absolute atomic E-state index is 12.6. The Morgan fingerprint density at radius 1 is 0.970 bits per heavy atom. The van der Waals surface area contributed by atoms with Crippen molar-refractivity contribution in [1.82, 2.24) is 16.0 Å². The van der Waals surface area contributed by atoms with Crippen molar-refractivity contribution in [3.63, 3.8) is 0 Å². The van der Waals surface area contributed by atoms with Gasteiger partial charge in [-0.25, -0.2) is 4.79 Å². The number of carbonyl (C=O) groups is 4. The molecule has 10 nitrogen and oxygen atoms in total.